The molecular formula is C23H27FN6O2S. The van der Waals surface area contributed by atoms with Gasteiger partial charge in [-0.3, -0.25) is 9.69 Å². The highest BCUT2D eigenvalue weighted by Crippen LogP contribution is 2.24. The molecule has 10 heteroatoms. The maximum absolute atomic E-state index is 14.7. The van der Waals surface area contributed by atoms with Gasteiger partial charge >= 0.3 is 0 Å². The molecule has 0 saturated carbocycles. The van der Waals surface area contributed by atoms with E-state index >= 15 is 0 Å². The lowest BCUT2D eigenvalue weighted by atomic mass is 10.2. The SMILES string of the molecule is Cc1nc(N2CCN(CCO)CC2)nc(Nc2ccc(NC(=O)Cc3cccs3)cc2)c1F. The lowest BCUT2D eigenvalue weighted by molar-refractivity contribution is -0.115. The molecule has 3 N–H and O–H groups in total. The Morgan fingerprint density at radius 2 is 1.85 bits per heavy atom. The van der Waals surface area contributed by atoms with Crippen molar-refractivity contribution in [2.45, 2.75) is 13.3 Å². The average Bonchev–Trinajstić information content (AvgIpc) is 3.31. The van der Waals surface area contributed by atoms with Gasteiger partial charge in [0.1, 0.15) is 0 Å². The molecule has 1 amide bonds. The molecule has 1 aliphatic rings. The summed E-state index contributed by atoms with van der Waals surface area (Å²) in [5.74, 6) is 0.0210. The standard InChI is InChI=1S/C23H27FN6O2S/c1-16-21(24)22(28-23(25-16)30-10-8-29(9-11-30)12-13-31)27-18-6-4-17(5-7-18)26-20(32)15-19-3-2-14-33-19/h2-7,14,31H,8-13,15H2,1H3,(H,26,32)(H,25,27,28). The van der Waals surface area contributed by atoms with Crippen LogP contribution >= 0.6 is 11.3 Å². The van der Waals surface area contributed by atoms with E-state index in [0.29, 0.717) is 43.4 Å². The third-order valence-electron chi connectivity index (χ3n) is 5.42. The number of carbonyl (C=O) groups excluding carboxylic acids is 1. The lowest BCUT2D eigenvalue weighted by Crippen LogP contribution is -2.47. The number of rotatable bonds is 8. The van der Waals surface area contributed by atoms with E-state index in [0.717, 1.165) is 18.0 Å². The number of aryl methyl sites for hydroxylation is 1. The number of aliphatic hydroxyl groups is 1. The van der Waals surface area contributed by atoms with Crippen molar-refractivity contribution in [3.63, 3.8) is 0 Å². The Labute approximate surface area is 196 Å². The molecule has 0 aliphatic carbocycles. The lowest BCUT2D eigenvalue weighted by Gasteiger charge is -2.34. The number of aliphatic hydroxyl groups excluding tert-OH is 1. The van der Waals surface area contributed by atoms with Crippen LogP contribution in [0.2, 0.25) is 0 Å². The topological polar surface area (TPSA) is 93.6 Å². The normalized spacial score (nSPS) is 14.3. The van der Waals surface area contributed by atoms with Gasteiger partial charge in [0.25, 0.3) is 0 Å². The number of piperazine rings is 1. The van der Waals surface area contributed by atoms with E-state index in [2.05, 4.69) is 25.5 Å². The molecule has 2 aromatic heterocycles. The van der Waals surface area contributed by atoms with E-state index in [1.807, 2.05) is 22.4 Å². The third kappa shape index (κ3) is 6.04. The molecule has 8 nitrogen and oxygen atoms in total. The summed E-state index contributed by atoms with van der Waals surface area (Å²) in [6.07, 6.45) is 0.333. The van der Waals surface area contributed by atoms with Crippen molar-refractivity contribution in [2.75, 3.05) is 54.9 Å². The molecule has 174 valence electrons. The highest BCUT2D eigenvalue weighted by atomic mass is 32.1. The van der Waals surface area contributed by atoms with Crippen LogP contribution in [0.5, 0.6) is 0 Å². The minimum absolute atomic E-state index is 0.0839. The number of hydrogen-bond acceptors (Lipinski definition) is 8. The van der Waals surface area contributed by atoms with Gasteiger partial charge in [0.05, 0.1) is 18.7 Å². The third-order valence-corrected chi connectivity index (χ3v) is 6.30. The number of nitrogens with one attached hydrogen (secondary N) is 2. The first-order valence-electron chi connectivity index (χ1n) is 10.8. The van der Waals surface area contributed by atoms with E-state index in [9.17, 15) is 9.18 Å². The fourth-order valence-electron chi connectivity index (χ4n) is 3.63. The Morgan fingerprint density at radius 3 is 2.52 bits per heavy atom. The maximum atomic E-state index is 14.7. The molecule has 1 aromatic carbocycles. The number of amides is 1. The van der Waals surface area contributed by atoms with Gasteiger partial charge in [-0.15, -0.1) is 11.3 Å². The van der Waals surface area contributed by atoms with Crippen LogP contribution in [-0.2, 0) is 11.2 Å². The number of β-amino-alcohol motifs (C(OH)–C–C–N with tert-alkyl or cyclic N) is 1. The predicted octanol–water partition coefficient (Wildman–Crippen LogP) is 3.02. The Kier molecular flexibility index (Phi) is 7.48. The second kappa shape index (κ2) is 10.7. The average molecular weight is 471 g/mol. The highest BCUT2D eigenvalue weighted by molar-refractivity contribution is 7.10. The van der Waals surface area contributed by atoms with Gasteiger partial charge in [0.2, 0.25) is 11.9 Å². The molecule has 0 bridgehead atoms. The summed E-state index contributed by atoms with van der Waals surface area (Å²) in [4.78, 5) is 26.1. The second-order valence-electron chi connectivity index (χ2n) is 7.83. The van der Waals surface area contributed by atoms with Gasteiger partial charge in [-0.2, -0.15) is 4.98 Å². The molecule has 1 aliphatic heterocycles. The van der Waals surface area contributed by atoms with Crippen LogP contribution in [0.15, 0.2) is 41.8 Å². The summed E-state index contributed by atoms with van der Waals surface area (Å²) in [5, 5.41) is 17.0. The molecule has 0 spiro atoms. The fourth-order valence-corrected chi connectivity index (χ4v) is 4.34. The number of carbonyl (C=O) groups is 1. The number of nitrogens with zero attached hydrogens (tertiary/aromatic N) is 4. The van der Waals surface area contributed by atoms with E-state index < -0.39 is 5.82 Å². The van der Waals surface area contributed by atoms with Crippen molar-refractivity contribution in [2.24, 2.45) is 0 Å². The molecule has 33 heavy (non-hydrogen) atoms. The molecule has 0 unspecified atom stereocenters. The number of thiophene rings is 1. The highest BCUT2D eigenvalue weighted by Gasteiger charge is 2.21. The van der Waals surface area contributed by atoms with E-state index in [1.54, 1.807) is 42.5 Å². The Hall–Kier alpha value is -3.08. The van der Waals surface area contributed by atoms with E-state index in [-0.39, 0.29) is 24.0 Å². The van der Waals surface area contributed by atoms with E-state index in [1.165, 1.54) is 0 Å². The second-order valence-corrected chi connectivity index (χ2v) is 8.86. The zero-order valence-corrected chi connectivity index (χ0v) is 19.2. The van der Waals surface area contributed by atoms with Crippen molar-refractivity contribution in [1.29, 1.82) is 0 Å². The molecule has 1 fully saturated rings. The van der Waals surface area contributed by atoms with Crippen LogP contribution < -0.4 is 15.5 Å². The monoisotopic (exact) mass is 470 g/mol. The van der Waals surface area contributed by atoms with Gasteiger partial charge in [0.15, 0.2) is 11.6 Å². The van der Waals surface area contributed by atoms with Crippen molar-refractivity contribution in [1.82, 2.24) is 14.9 Å². The summed E-state index contributed by atoms with van der Waals surface area (Å²) in [7, 11) is 0. The summed E-state index contributed by atoms with van der Waals surface area (Å²) in [6.45, 7) is 5.42. The first-order chi connectivity index (χ1) is 16.0. The maximum Gasteiger partial charge on any atom is 0.229 e. The molecule has 0 radical (unpaired) electrons. The zero-order valence-electron chi connectivity index (χ0n) is 18.4. The first kappa shape index (κ1) is 23.1. The minimum atomic E-state index is -0.494. The van der Waals surface area contributed by atoms with Crippen LogP contribution in [0.1, 0.15) is 10.6 Å². The predicted molar refractivity (Wildman–Crippen MR) is 129 cm³/mol. The Balaban J connectivity index is 1.40. The van der Waals surface area contributed by atoms with Crippen molar-refractivity contribution in [3.05, 3.63) is 58.2 Å². The molecule has 1 saturated heterocycles. The Bertz CT molecular complexity index is 1070. The van der Waals surface area contributed by atoms with Crippen molar-refractivity contribution < 1.29 is 14.3 Å². The fraction of sp³-hybridized carbons (Fsp3) is 0.348. The summed E-state index contributed by atoms with van der Waals surface area (Å²) < 4.78 is 14.7. The smallest absolute Gasteiger partial charge is 0.229 e. The summed E-state index contributed by atoms with van der Waals surface area (Å²) in [5.41, 5.74) is 1.60. The van der Waals surface area contributed by atoms with Crippen LogP contribution in [0.25, 0.3) is 0 Å². The molecule has 3 heterocycles. The molecule has 4 rings (SSSR count). The van der Waals surface area contributed by atoms with Crippen LogP contribution in [0.4, 0.5) is 27.5 Å². The zero-order chi connectivity index (χ0) is 23.2. The van der Waals surface area contributed by atoms with Gasteiger partial charge in [-0.05, 0) is 42.6 Å². The number of hydrogen-bond donors (Lipinski definition) is 3. The first-order valence-corrected chi connectivity index (χ1v) is 11.7. The van der Waals surface area contributed by atoms with Crippen LogP contribution in [0, 0.1) is 12.7 Å². The molecule has 3 aromatic rings. The molecular weight excluding hydrogens is 443 g/mol. The summed E-state index contributed by atoms with van der Waals surface area (Å²) >= 11 is 1.55. The van der Waals surface area contributed by atoms with Gasteiger partial charge in [0, 0.05) is 49.0 Å². The van der Waals surface area contributed by atoms with E-state index in [4.69, 9.17) is 5.11 Å². The van der Waals surface area contributed by atoms with Crippen LogP contribution in [0.3, 0.4) is 0 Å². The number of halogens is 1. The van der Waals surface area contributed by atoms with Gasteiger partial charge in [-0.1, -0.05) is 6.07 Å². The van der Waals surface area contributed by atoms with Gasteiger partial charge < -0.3 is 20.6 Å². The van der Waals surface area contributed by atoms with Crippen LogP contribution in [-0.4, -0.2) is 65.2 Å². The minimum Gasteiger partial charge on any atom is -0.395 e. The Morgan fingerprint density at radius 1 is 1.12 bits per heavy atom. The van der Waals surface area contributed by atoms with Crippen molar-refractivity contribution in [3.8, 4) is 0 Å². The summed E-state index contributed by atoms with van der Waals surface area (Å²) in [6, 6.07) is 10.9. The van der Waals surface area contributed by atoms with Gasteiger partial charge in [-0.25, -0.2) is 9.37 Å². The number of benzene rings is 1. The largest absolute Gasteiger partial charge is 0.395 e. The van der Waals surface area contributed by atoms with Crippen molar-refractivity contribution >= 4 is 40.4 Å². The quantitative estimate of drug-likeness (QED) is 0.466. The number of aromatic nitrogens is 2. The number of anilines is 4. The molecule has 0 atom stereocenters.